The zero-order valence-corrected chi connectivity index (χ0v) is 18.8. The quantitative estimate of drug-likeness (QED) is 0.255. The molecule has 152 valence electrons. The van der Waals surface area contributed by atoms with Gasteiger partial charge >= 0.3 is 0 Å². The largest absolute Gasteiger partial charge is 0.497 e. The van der Waals surface area contributed by atoms with Crippen LogP contribution in [0.2, 0.25) is 0 Å². The van der Waals surface area contributed by atoms with Crippen LogP contribution in [-0.4, -0.2) is 59.0 Å². The topological polar surface area (TPSA) is 58.1 Å². The zero-order chi connectivity index (χ0) is 18.2. The number of hydrogen-bond acceptors (Lipinski definition) is 4. The predicted molar refractivity (Wildman–Crippen MR) is 122 cm³/mol. The fraction of sp³-hybridized carbons (Fsp3) is 0.650. The summed E-state index contributed by atoms with van der Waals surface area (Å²) in [6.07, 6.45) is 4.99. The monoisotopic (exact) mass is 488 g/mol. The van der Waals surface area contributed by atoms with Crippen LogP contribution in [0.15, 0.2) is 29.3 Å². The minimum Gasteiger partial charge on any atom is -0.497 e. The van der Waals surface area contributed by atoms with E-state index in [-0.39, 0.29) is 24.0 Å². The molecule has 0 aromatic heterocycles. The summed E-state index contributed by atoms with van der Waals surface area (Å²) in [6, 6.07) is 8.67. The zero-order valence-electron chi connectivity index (χ0n) is 16.4. The maximum atomic E-state index is 5.67. The number of halogens is 1. The van der Waals surface area contributed by atoms with Gasteiger partial charge in [-0.05, 0) is 43.7 Å². The number of nitrogens with zero attached hydrogens (tertiary/aromatic N) is 2. The molecule has 7 heteroatoms. The number of benzene rings is 1. The van der Waals surface area contributed by atoms with Gasteiger partial charge in [-0.3, -0.25) is 4.99 Å². The number of nitrogens with one attached hydrogen (secondary N) is 2. The Labute approximate surface area is 180 Å². The van der Waals surface area contributed by atoms with Gasteiger partial charge in [0, 0.05) is 51.1 Å². The summed E-state index contributed by atoms with van der Waals surface area (Å²) in [7, 11) is 3.53. The molecule has 0 spiro atoms. The van der Waals surface area contributed by atoms with Crippen LogP contribution in [0.5, 0.6) is 5.75 Å². The van der Waals surface area contributed by atoms with E-state index in [2.05, 4.69) is 32.7 Å². The highest BCUT2D eigenvalue weighted by atomic mass is 127. The number of guanidine groups is 1. The second kappa shape index (κ2) is 11.6. The Morgan fingerprint density at radius 1 is 1.30 bits per heavy atom. The van der Waals surface area contributed by atoms with E-state index in [0.717, 1.165) is 63.3 Å². The fourth-order valence-corrected chi connectivity index (χ4v) is 3.30. The summed E-state index contributed by atoms with van der Waals surface area (Å²) in [5, 5.41) is 6.92. The van der Waals surface area contributed by atoms with Gasteiger partial charge in [-0.15, -0.1) is 24.0 Å². The van der Waals surface area contributed by atoms with Crippen molar-refractivity contribution < 1.29 is 9.47 Å². The number of methoxy groups -OCH3 is 1. The van der Waals surface area contributed by atoms with Crippen molar-refractivity contribution in [3.8, 4) is 5.75 Å². The van der Waals surface area contributed by atoms with Crippen molar-refractivity contribution in [2.75, 3.05) is 51.9 Å². The Kier molecular flexibility index (Phi) is 9.47. The Balaban J connectivity index is 0.00000261. The molecule has 2 fully saturated rings. The fourth-order valence-electron chi connectivity index (χ4n) is 3.30. The number of ether oxygens (including phenoxy) is 2. The predicted octanol–water partition coefficient (Wildman–Crippen LogP) is 2.87. The molecule has 27 heavy (non-hydrogen) atoms. The molecule has 1 aliphatic carbocycles. The number of hydrogen-bond donors (Lipinski definition) is 2. The van der Waals surface area contributed by atoms with Gasteiger partial charge in [0.1, 0.15) is 5.75 Å². The van der Waals surface area contributed by atoms with Crippen molar-refractivity contribution in [1.29, 1.82) is 0 Å². The average molecular weight is 488 g/mol. The first-order chi connectivity index (χ1) is 12.8. The summed E-state index contributed by atoms with van der Waals surface area (Å²) in [5.74, 6) is 2.58. The van der Waals surface area contributed by atoms with Gasteiger partial charge in [0.2, 0.25) is 0 Å². The molecule has 1 heterocycles. The molecule has 0 amide bonds. The van der Waals surface area contributed by atoms with E-state index in [1.807, 2.05) is 19.2 Å². The van der Waals surface area contributed by atoms with Crippen LogP contribution in [0.25, 0.3) is 0 Å². The Bertz CT molecular complexity index is 595. The number of aliphatic imine (C=N–C) groups is 1. The van der Waals surface area contributed by atoms with Crippen LogP contribution in [0.1, 0.15) is 25.7 Å². The number of piperidine rings is 1. The molecule has 0 bridgehead atoms. The Hall–Kier alpha value is -1.22. The van der Waals surface area contributed by atoms with Crippen molar-refractivity contribution >= 4 is 35.6 Å². The lowest BCUT2D eigenvalue weighted by Gasteiger charge is -2.35. The van der Waals surface area contributed by atoms with E-state index in [9.17, 15) is 0 Å². The van der Waals surface area contributed by atoms with Gasteiger partial charge < -0.3 is 25.0 Å². The summed E-state index contributed by atoms with van der Waals surface area (Å²) in [6.45, 7) is 4.47. The van der Waals surface area contributed by atoms with Gasteiger partial charge in [-0.1, -0.05) is 6.07 Å². The maximum absolute atomic E-state index is 5.67. The average Bonchev–Trinajstić information content (AvgIpc) is 3.51. The second-order valence-electron chi connectivity index (χ2n) is 7.15. The lowest BCUT2D eigenvalue weighted by Crippen LogP contribution is -2.51. The van der Waals surface area contributed by atoms with Crippen molar-refractivity contribution in [2.45, 2.75) is 31.7 Å². The molecule has 1 unspecified atom stereocenters. The first-order valence-electron chi connectivity index (χ1n) is 9.72. The van der Waals surface area contributed by atoms with Crippen LogP contribution < -0.4 is 20.3 Å². The standard InChI is InChI=1S/C20H32N4O2.HI/c1-21-20(22-10-12-26-15-16-8-9-16)23-17-5-4-11-24(14-17)18-6-3-7-19(13-18)25-2;/h3,6-7,13,16-17H,4-5,8-12,14-15H2,1-2H3,(H2,21,22,23);1H. The van der Waals surface area contributed by atoms with Crippen molar-refractivity contribution in [1.82, 2.24) is 10.6 Å². The first-order valence-corrected chi connectivity index (χ1v) is 9.72. The number of anilines is 1. The molecular weight excluding hydrogens is 455 g/mol. The third-order valence-corrected chi connectivity index (χ3v) is 4.99. The Morgan fingerprint density at radius 2 is 2.15 bits per heavy atom. The Morgan fingerprint density at radius 3 is 2.89 bits per heavy atom. The molecule has 1 saturated carbocycles. The van der Waals surface area contributed by atoms with Crippen LogP contribution in [-0.2, 0) is 4.74 Å². The SMILES string of the molecule is CN=C(NCCOCC1CC1)NC1CCCN(c2cccc(OC)c2)C1.I. The van der Waals surface area contributed by atoms with E-state index in [4.69, 9.17) is 9.47 Å². The van der Waals surface area contributed by atoms with Crippen molar-refractivity contribution in [3.05, 3.63) is 24.3 Å². The van der Waals surface area contributed by atoms with Gasteiger partial charge in [0.05, 0.1) is 13.7 Å². The maximum Gasteiger partial charge on any atom is 0.191 e. The molecule has 1 aliphatic heterocycles. The van der Waals surface area contributed by atoms with E-state index in [1.165, 1.54) is 18.5 Å². The van der Waals surface area contributed by atoms with Crippen LogP contribution in [0, 0.1) is 5.92 Å². The highest BCUT2D eigenvalue weighted by Crippen LogP contribution is 2.28. The summed E-state index contributed by atoms with van der Waals surface area (Å²) >= 11 is 0. The van der Waals surface area contributed by atoms with Crippen molar-refractivity contribution in [2.24, 2.45) is 10.9 Å². The lowest BCUT2D eigenvalue weighted by molar-refractivity contribution is 0.129. The van der Waals surface area contributed by atoms with E-state index in [1.54, 1.807) is 7.11 Å². The lowest BCUT2D eigenvalue weighted by atomic mass is 10.0. The molecule has 0 radical (unpaired) electrons. The van der Waals surface area contributed by atoms with Crippen molar-refractivity contribution in [3.63, 3.8) is 0 Å². The molecule has 2 aliphatic rings. The number of rotatable bonds is 8. The van der Waals surface area contributed by atoms with E-state index >= 15 is 0 Å². The van der Waals surface area contributed by atoms with Crippen LogP contribution >= 0.6 is 24.0 Å². The molecule has 3 rings (SSSR count). The van der Waals surface area contributed by atoms with Gasteiger partial charge in [-0.25, -0.2) is 0 Å². The third-order valence-electron chi connectivity index (χ3n) is 4.99. The normalized spacial score (nSPS) is 20.0. The molecule has 2 N–H and O–H groups in total. The smallest absolute Gasteiger partial charge is 0.191 e. The van der Waals surface area contributed by atoms with Gasteiger partial charge in [0.25, 0.3) is 0 Å². The highest BCUT2D eigenvalue weighted by molar-refractivity contribution is 14.0. The third kappa shape index (κ3) is 7.37. The van der Waals surface area contributed by atoms with Gasteiger partial charge in [-0.2, -0.15) is 0 Å². The summed E-state index contributed by atoms with van der Waals surface area (Å²) in [5.41, 5.74) is 1.22. The van der Waals surface area contributed by atoms with Crippen LogP contribution in [0.4, 0.5) is 5.69 Å². The van der Waals surface area contributed by atoms with E-state index < -0.39 is 0 Å². The molecule has 1 aromatic carbocycles. The molecule has 1 aromatic rings. The summed E-state index contributed by atoms with van der Waals surface area (Å²) in [4.78, 5) is 6.77. The first kappa shape index (κ1) is 22.1. The van der Waals surface area contributed by atoms with Crippen LogP contribution in [0.3, 0.4) is 0 Å². The summed E-state index contributed by atoms with van der Waals surface area (Å²) < 4.78 is 11.0. The second-order valence-corrected chi connectivity index (χ2v) is 7.15. The highest BCUT2D eigenvalue weighted by Gasteiger charge is 2.22. The molecule has 1 atom stereocenters. The molecular formula is C20H33IN4O2. The minimum absolute atomic E-state index is 0. The van der Waals surface area contributed by atoms with Gasteiger partial charge in [0.15, 0.2) is 5.96 Å². The molecule has 1 saturated heterocycles. The van der Waals surface area contributed by atoms with E-state index in [0.29, 0.717) is 6.04 Å². The minimum atomic E-state index is 0. The molecule has 6 nitrogen and oxygen atoms in total.